The quantitative estimate of drug-likeness (QED) is 0.371. The van der Waals surface area contributed by atoms with Crippen LogP contribution in [0.1, 0.15) is 60.4 Å². The van der Waals surface area contributed by atoms with Crippen LogP contribution >= 0.6 is 0 Å². The summed E-state index contributed by atoms with van der Waals surface area (Å²) >= 11 is 0. The molecule has 2 bridgehead atoms. The first-order chi connectivity index (χ1) is 20.1. The third kappa shape index (κ3) is 4.87. The maximum absolute atomic E-state index is 13.8. The van der Waals surface area contributed by atoms with Crippen molar-refractivity contribution >= 4 is 21.8 Å². The van der Waals surface area contributed by atoms with Gasteiger partial charge in [-0.15, -0.1) is 0 Å². The van der Waals surface area contributed by atoms with Crippen LogP contribution in [0.25, 0.3) is 0 Å². The minimum Gasteiger partial charge on any atom is -0.501 e. The van der Waals surface area contributed by atoms with Crippen LogP contribution in [0, 0.1) is 11.7 Å². The monoisotopic (exact) mass is 599 g/mol. The minimum atomic E-state index is -4.05. The van der Waals surface area contributed by atoms with Crippen molar-refractivity contribution in [3.8, 4) is 5.75 Å². The van der Waals surface area contributed by atoms with E-state index in [1.54, 1.807) is 0 Å². The third-order valence-corrected chi connectivity index (χ3v) is 10.3. The Morgan fingerprint density at radius 2 is 1.88 bits per heavy atom. The van der Waals surface area contributed by atoms with Crippen LogP contribution in [-0.2, 0) is 33.4 Å². The fourth-order valence-corrected chi connectivity index (χ4v) is 7.82. The maximum atomic E-state index is 13.8. The van der Waals surface area contributed by atoms with Crippen molar-refractivity contribution in [3.05, 3.63) is 75.9 Å². The normalized spacial score (nSPS) is 23.7. The van der Waals surface area contributed by atoms with Crippen LogP contribution in [0.3, 0.4) is 0 Å². The van der Waals surface area contributed by atoms with E-state index in [1.807, 2.05) is 0 Å². The number of nitrogens with zero attached hydrogens (tertiary/aromatic N) is 3. The number of amides is 2. The second-order valence-electron chi connectivity index (χ2n) is 11.1. The van der Waals surface area contributed by atoms with E-state index in [9.17, 15) is 32.3 Å². The van der Waals surface area contributed by atoms with Crippen molar-refractivity contribution in [1.82, 2.24) is 24.5 Å². The molecule has 3 aliphatic heterocycles. The van der Waals surface area contributed by atoms with Crippen molar-refractivity contribution in [3.63, 3.8) is 0 Å². The molecule has 1 atom stereocenters. The fourth-order valence-electron chi connectivity index (χ4n) is 6.26. The van der Waals surface area contributed by atoms with Gasteiger partial charge in [0.25, 0.3) is 21.5 Å². The van der Waals surface area contributed by atoms with Crippen LogP contribution in [-0.4, -0.2) is 51.8 Å². The number of aromatic nitrogens is 2. The average molecular weight is 600 g/mol. The summed E-state index contributed by atoms with van der Waals surface area (Å²) in [5.41, 5.74) is -1.81. The molecule has 7 rings (SSSR count). The van der Waals surface area contributed by atoms with Gasteiger partial charge in [0.15, 0.2) is 5.69 Å². The molecule has 1 unspecified atom stereocenters. The summed E-state index contributed by atoms with van der Waals surface area (Å²) < 4.78 is 47.2. The van der Waals surface area contributed by atoms with Gasteiger partial charge in [0.05, 0.1) is 11.8 Å². The summed E-state index contributed by atoms with van der Waals surface area (Å²) in [6.45, 7) is 0.424. The molecule has 1 aromatic carbocycles. The van der Waals surface area contributed by atoms with Gasteiger partial charge >= 0.3 is 0 Å². The van der Waals surface area contributed by atoms with E-state index in [1.165, 1.54) is 47.2 Å². The molecule has 1 aliphatic carbocycles. The first-order valence-corrected chi connectivity index (χ1v) is 15.3. The van der Waals surface area contributed by atoms with Crippen molar-refractivity contribution in [2.75, 3.05) is 6.54 Å². The predicted molar refractivity (Wildman–Crippen MR) is 145 cm³/mol. The number of carbonyl (C=O) groups excluding carboxylic acids is 2. The number of nitrogens with one attached hydrogen (secondary N) is 2. The second kappa shape index (κ2) is 10.7. The molecule has 3 N–H and O–H groups in total. The molecular weight excluding hydrogens is 569 g/mol. The molecule has 0 radical (unpaired) electrons. The Hall–Kier alpha value is -4.04. The van der Waals surface area contributed by atoms with Gasteiger partial charge in [-0.05, 0) is 74.3 Å². The van der Waals surface area contributed by atoms with Crippen molar-refractivity contribution in [2.45, 2.75) is 68.3 Å². The molecule has 2 fully saturated rings. The molecule has 42 heavy (non-hydrogen) atoms. The first-order valence-electron chi connectivity index (χ1n) is 13.8. The SMILES string of the molecule is O=C(NCc1ccc(F)cc1)c1nc2n(c(=O)c1O)CC1CCC2(NC(=O)C2CCCN2S(=O)(=O)c2ccco2)CC1. The highest BCUT2D eigenvalue weighted by atomic mass is 32.2. The standard InChI is InChI=1S/C28H30FN5O7S/c29-19-7-5-17(6-8-19)15-30-25(37)22-23(35)26(38)33-16-18-9-11-28(12-10-18,27(33)31-22)32-24(36)20-3-1-13-34(20)42(39,40)21-4-2-14-41-21/h2,4-8,14,18,20,35H,1,3,9-13,15-16H2,(H,30,37)(H,32,36). The molecule has 222 valence electrons. The molecule has 0 spiro atoms. The lowest BCUT2D eigenvalue weighted by Gasteiger charge is -2.38. The van der Waals surface area contributed by atoms with E-state index in [0.717, 1.165) is 4.31 Å². The number of benzene rings is 1. The summed E-state index contributed by atoms with van der Waals surface area (Å²) in [5.74, 6) is -2.29. The Bertz CT molecular complexity index is 1680. The highest BCUT2D eigenvalue weighted by Crippen LogP contribution is 2.43. The number of fused-ring (bicyclic) bond motifs is 2. The Morgan fingerprint density at radius 3 is 2.57 bits per heavy atom. The highest BCUT2D eigenvalue weighted by Gasteiger charge is 2.49. The number of aromatic hydroxyl groups is 1. The van der Waals surface area contributed by atoms with E-state index in [2.05, 4.69) is 15.6 Å². The topological polar surface area (TPSA) is 164 Å². The van der Waals surface area contributed by atoms with Crippen molar-refractivity contribution < 1.29 is 31.9 Å². The van der Waals surface area contributed by atoms with Crippen LogP contribution in [0.15, 0.2) is 57.0 Å². The molecule has 1 saturated heterocycles. The summed E-state index contributed by atoms with van der Waals surface area (Å²) in [4.78, 5) is 44.7. The smallest absolute Gasteiger partial charge is 0.296 e. The summed E-state index contributed by atoms with van der Waals surface area (Å²) in [7, 11) is -4.05. The van der Waals surface area contributed by atoms with Gasteiger partial charge in [0.1, 0.15) is 17.7 Å². The number of carbonyl (C=O) groups is 2. The van der Waals surface area contributed by atoms with Gasteiger partial charge in [0, 0.05) is 19.6 Å². The highest BCUT2D eigenvalue weighted by molar-refractivity contribution is 7.89. The minimum absolute atomic E-state index is 0.00423. The lowest BCUT2D eigenvalue weighted by Crippen LogP contribution is -2.55. The zero-order valence-electron chi connectivity index (χ0n) is 22.6. The second-order valence-corrected chi connectivity index (χ2v) is 12.9. The van der Waals surface area contributed by atoms with E-state index in [-0.39, 0.29) is 36.5 Å². The molecule has 2 aromatic heterocycles. The third-order valence-electron chi connectivity index (χ3n) is 8.48. The Morgan fingerprint density at radius 1 is 1.14 bits per heavy atom. The lowest BCUT2D eigenvalue weighted by atomic mass is 9.77. The molecule has 5 heterocycles. The molecule has 1 saturated carbocycles. The molecular formula is C28H30FN5O7S. The predicted octanol–water partition coefficient (Wildman–Crippen LogP) is 1.98. The van der Waals surface area contributed by atoms with Crippen LogP contribution in [0.2, 0.25) is 0 Å². The Labute approximate surface area is 240 Å². The molecule has 14 heteroatoms. The van der Waals surface area contributed by atoms with Crippen LogP contribution in [0.5, 0.6) is 5.75 Å². The van der Waals surface area contributed by atoms with Gasteiger partial charge in [0.2, 0.25) is 16.7 Å². The lowest BCUT2D eigenvalue weighted by molar-refractivity contribution is -0.127. The van der Waals surface area contributed by atoms with Crippen molar-refractivity contribution in [2.24, 2.45) is 5.92 Å². The maximum Gasteiger partial charge on any atom is 0.296 e. The number of rotatable bonds is 7. The zero-order valence-corrected chi connectivity index (χ0v) is 23.4. The molecule has 12 nitrogen and oxygen atoms in total. The largest absolute Gasteiger partial charge is 0.501 e. The van der Waals surface area contributed by atoms with E-state index in [4.69, 9.17) is 4.42 Å². The number of sulfonamides is 1. The van der Waals surface area contributed by atoms with Gasteiger partial charge < -0.3 is 20.2 Å². The Balaban J connectivity index is 1.31. The van der Waals surface area contributed by atoms with Gasteiger partial charge in [-0.2, -0.15) is 4.31 Å². The van der Waals surface area contributed by atoms with E-state index in [0.29, 0.717) is 44.1 Å². The molecule has 3 aromatic rings. The number of hydrogen-bond donors (Lipinski definition) is 3. The van der Waals surface area contributed by atoms with Gasteiger partial charge in [-0.1, -0.05) is 12.1 Å². The molecule has 2 amide bonds. The molecule has 4 aliphatic rings. The van der Waals surface area contributed by atoms with E-state index < -0.39 is 56.2 Å². The van der Waals surface area contributed by atoms with Crippen LogP contribution in [0.4, 0.5) is 4.39 Å². The van der Waals surface area contributed by atoms with E-state index >= 15 is 0 Å². The summed E-state index contributed by atoms with van der Waals surface area (Å²) in [5, 5.41) is 16.1. The summed E-state index contributed by atoms with van der Waals surface area (Å²) in [6, 6.07) is 7.29. The van der Waals surface area contributed by atoms with Crippen LogP contribution < -0.4 is 16.2 Å². The number of halogens is 1. The Kier molecular flexibility index (Phi) is 7.13. The number of furan rings is 1. The first kappa shape index (κ1) is 28.1. The average Bonchev–Trinajstić information content (AvgIpc) is 3.66. The summed E-state index contributed by atoms with van der Waals surface area (Å²) in [6.07, 6.45) is 4.21. The number of hydrogen-bond acceptors (Lipinski definition) is 8. The zero-order chi connectivity index (χ0) is 29.6. The van der Waals surface area contributed by atoms with Gasteiger partial charge in [-0.3, -0.25) is 19.0 Å². The fraction of sp³-hybridized carbons (Fsp3) is 0.429. The van der Waals surface area contributed by atoms with Crippen molar-refractivity contribution in [1.29, 1.82) is 0 Å². The van der Waals surface area contributed by atoms with Gasteiger partial charge in [-0.25, -0.2) is 17.8 Å².